The number of nitrogens with zero attached hydrogens (tertiary/aromatic N) is 1. The molecular weight excluding hydrogens is 366 g/mol. The van der Waals surface area contributed by atoms with Crippen LogP contribution in [0.5, 0.6) is 0 Å². The van der Waals surface area contributed by atoms with E-state index in [1.807, 2.05) is 25.1 Å². The van der Waals surface area contributed by atoms with E-state index in [4.69, 9.17) is 0 Å². The summed E-state index contributed by atoms with van der Waals surface area (Å²) in [5.41, 5.74) is 1.77. The maximum Gasteiger partial charge on any atom is 0.271 e. The summed E-state index contributed by atoms with van der Waals surface area (Å²) in [6, 6.07) is 17.2. The molecule has 2 aromatic heterocycles. The van der Waals surface area contributed by atoms with Crippen LogP contribution in [0.2, 0.25) is 0 Å². The van der Waals surface area contributed by atoms with E-state index < -0.39 is 10.0 Å². The molecule has 0 aliphatic rings. The van der Waals surface area contributed by atoms with Crippen LogP contribution in [0.25, 0.3) is 0 Å². The van der Waals surface area contributed by atoms with Gasteiger partial charge in [-0.3, -0.25) is 4.72 Å². The van der Waals surface area contributed by atoms with Gasteiger partial charge in [0.1, 0.15) is 10.0 Å². The summed E-state index contributed by atoms with van der Waals surface area (Å²) in [4.78, 5) is 5.23. The second kappa shape index (κ2) is 8.33. The summed E-state index contributed by atoms with van der Waals surface area (Å²) < 4.78 is 27.5. The van der Waals surface area contributed by atoms with E-state index in [0.29, 0.717) is 9.90 Å². The smallest absolute Gasteiger partial charge is 0.271 e. The second-order valence-corrected chi connectivity index (χ2v) is 9.12. The molecule has 5 nitrogen and oxygen atoms in total. The van der Waals surface area contributed by atoms with Crippen molar-refractivity contribution in [1.29, 1.82) is 0 Å². The average Bonchev–Trinajstić information content (AvgIpc) is 3.08. The second-order valence-electron chi connectivity index (χ2n) is 5.92. The van der Waals surface area contributed by atoms with E-state index in [1.165, 1.54) is 23.1 Å². The normalized spacial score (nSPS) is 11.3. The third-order valence-corrected chi connectivity index (χ3v) is 6.66. The fourth-order valence-electron chi connectivity index (χ4n) is 2.47. The van der Waals surface area contributed by atoms with Crippen molar-refractivity contribution >= 4 is 32.9 Å². The molecule has 0 amide bonds. The largest absolute Gasteiger partial charge is 0.370 e. The molecule has 2 N–H and O–H groups in total. The highest BCUT2D eigenvalue weighted by Crippen LogP contribution is 2.23. The Morgan fingerprint density at radius 2 is 1.85 bits per heavy atom. The van der Waals surface area contributed by atoms with Gasteiger partial charge in [-0.2, -0.15) is 0 Å². The number of rotatable bonds is 8. The molecule has 0 radical (unpaired) electrons. The van der Waals surface area contributed by atoms with Gasteiger partial charge in [-0.05, 0) is 49.6 Å². The van der Waals surface area contributed by atoms with E-state index in [1.54, 1.807) is 24.3 Å². The van der Waals surface area contributed by atoms with Crippen LogP contribution in [0, 0.1) is 6.92 Å². The Morgan fingerprint density at radius 3 is 2.50 bits per heavy atom. The Balaban J connectivity index is 1.50. The van der Waals surface area contributed by atoms with Crippen LogP contribution in [0.1, 0.15) is 16.9 Å². The summed E-state index contributed by atoms with van der Waals surface area (Å²) in [5.74, 6) is 0.730. The number of anilines is 2. The van der Waals surface area contributed by atoms with Crippen LogP contribution in [0.15, 0.2) is 65.0 Å². The number of pyridine rings is 1. The summed E-state index contributed by atoms with van der Waals surface area (Å²) in [6.45, 7) is 2.69. The van der Waals surface area contributed by atoms with Crippen molar-refractivity contribution in [1.82, 2.24) is 4.98 Å². The van der Waals surface area contributed by atoms with Crippen molar-refractivity contribution in [2.75, 3.05) is 16.6 Å². The maximum atomic E-state index is 12.3. The molecule has 0 atom stereocenters. The zero-order valence-electron chi connectivity index (χ0n) is 14.5. The Labute approximate surface area is 158 Å². The van der Waals surface area contributed by atoms with Crippen molar-refractivity contribution in [3.8, 4) is 0 Å². The minimum atomic E-state index is -3.55. The van der Waals surface area contributed by atoms with E-state index >= 15 is 0 Å². The first-order valence-electron chi connectivity index (χ1n) is 8.36. The number of hydrogen-bond donors (Lipinski definition) is 2. The summed E-state index contributed by atoms with van der Waals surface area (Å²) in [5, 5.41) is 3.25. The molecule has 0 aliphatic carbocycles. The zero-order valence-corrected chi connectivity index (χ0v) is 16.1. The summed E-state index contributed by atoms with van der Waals surface area (Å²) in [6.07, 6.45) is 3.53. The van der Waals surface area contributed by atoms with Crippen LogP contribution in [-0.2, 0) is 16.4 Å². The quantitative estimate of drug-likeness (QED) is 0.566. The van der Waals surface area contributed by atoms with Gasteiger partial charge >= 0.3 is 0 Å². The number of aryl methyl sites for hydroxylation is 2. The highest BCUT2D eigenvalue weighted by molar-refractivity contribution is 7.94. The van der Waals surface area contributed by atoms with E-state index in [-0.39, 0.29) is 0 Å². The Hall–Kier alpha value is -2.38. The standard InChI is InChI=1S/C19H21N3O2S2/c1-15-9-12-19(25-15)26(23,24)22-17-10-11-18(21-14-17)20-13-5-8-16-6-3-2-4-7-16/h2-4,6-7,9-12,14,22H,5,8,13H2,1H3,(H,20,21). The minimum Gasteiger partial charge on any atom is -0.370 e. The lowest BCUT2D eigenvalue weighted by atomic mass is 10.1. The van der Waals surface area contributed by atoms with Gasteiger partial charge in [0, 0.05) is 11.4 Å². The Morgan fingerprint density at radius 1 is 1.04 bits per heavy atom. The van der Waals surface area contributed by atoms with Gasteiger partial charge < -0.3 is 5.32 Å². The number of hydrogen-bond acceptors (Lipinski definition) is 5. The van der Waals surface area contributed by atoms with Crippen molar-refractivity contribution < 1.29 is 8.42 Å². The predicted octanol–water partition coefficient (Wildman–Crippen LogP) is 4.30. The molecule has 1 aromatic carbocycles. The molecular formula is C19H21N3O2S2. The highest BCUT2D eigenvalue weighted by atomic mass is 32.2. The first-order valence-corrected chi connectivity index (χ1v) is 10.7. The molecule has 2 heterocycles. The van der Waals surface area contributed by atoms with Gasteiger partial charge in [0.05, 0.1) is 11.9 Å². The van der Waals surface area contributed by atoms with E-state index in [2.05, 4.69) is 27.2 Å². The number of aromatic nitrogens is 1. The van der Waals surface area contributed by atoms with E-state index in [9.17, 15) is 8.42 Å². The molecule has 0 spiro atoms. The van der Waals surface area contributed by atoms with Crippen LogP contribution in [0.4, 0.5) is 11.5 Å². The first kappa shape index (κ1) is 18.4. The molecule has 0 unspecified atom stereocenters. The van der Waals surface area contributed by atoms with Crippen LogP contribution < -0.4 is 10.0 Å². The SMILES string of the molecule is Cc1ccc(S(=O)(=O)Nc2ccc(NCCCc3ccccc3)nc2)s1. The maximum absolute atomic E-state index is 12.3. The number of sulfonamides is 1. The fourth-order valence-corrected chi connectivity index (χ4v) is 4.80. The van der Waals surface area contributed by atoms with Gasteiger partial charge in [-0.15, -0.1) is 11.3 Å². The van der Waals surface area contributed by atoms with Gasteiger partial charge in [0.2, 0.25) is 0 Å². The predicted molar refractivity (Wildman–Crippen MR) is 107 cm³/mol. The monoisotopic (exact) mass is 387 g/mol. The van der Waals surface area contributed by atoms with Gasteiger partial charge in [0.25, 0.3) is 10.0 Å². The lowest BCUT2D eigenvalue weighted by Gasteiger charge is -2.08. The van der Waals surface area contributed by atoms with Crippen LogP contribution in [-0.4, -0.2) is 19.9 Å². The van der Waals surface area contributed by atoms with Crippen molar-refractivity contribution in [3.63, 3.8) is 0 Å². The van der Waals surface area contributed by atoms with Crippen LogP contribution in [0.3, 0.4) is 0 Å². The summed E-state index contributed by atoms with van der Waals surface area (Å²) in [7, 11) is -3.55. The zero-order chi connectivity index (χ0) is 18.4. The molecule has 0 bridgehead atoms. The van der Waals surface area contributed by atoms with Crippen molar-refractivity contribution in [2.45, 2.75) is 24.0 Å². The topological polar surface area (TPSA) is 71.1 Å². The average molecular weight is 388 g/mol. The van der Waals surface area contributed by atoms with Crippen molar-refractivity contribution in [3.05, 3.63) is 71.2 Å². The molecule has 0 saturated heterocycles. The van der Waals surface area contributed by atoms with Crippen molar-refractivity contribution in [2.24, 2.45) is 0 Å². The van der Waals surface area contributed by atoms with Gasteiger partial charge in [-0.25, -0.2) is 13.4 Å². The number of thiophene rings is 1. The highest BCUT2D eigenvalue weighted by Gasteiger charge is 2.16. The molecule has 0 aliphatic heterocycles. The van der Waals surface area contributed by atoms with Gasteiger partial charge in [0.15, 0.2) is 0 Å². The first-order chi connectivity index (χ1) is 12.5. The van der Waals surface area contributed by atoms with Gasteiger partial charge in [-0.1, -0.05) is 30.3 Å². The Bertz CT molecular complexity index is 936. The third kappa shape index (κ3) is 5.06. The molecule has 0 fully saturated rings. The van der Waals surface area contributed by atoms with E-state index in [0.717, 1.165) is 30.1 Å². The fraction of sp³-hybridized carbons (Fsp3) is 0.211. The molecule has 136 valence electrons. The number of nitrogens with one attached hydrogen (secondary N) is 2. The summed E-state index contributed by atoms with van der Waals surface area (Å²) >= 11 is 1.25. The Kier molecular flexibility index (Phi) is 5.90. The molecule has 26 heavy (non-hydrogen) atoms. The molecule has 3 aromatic rings. The molecule has 7 heteroatoms. The minimum absolute atomic E-state index is 0.304. The van der Waals surface area contributed by atoms with Crippen LogP contribution >= 0.6 is 11.3 Å². The molecule has 0 saturated carbocycles. The third-order valence-electron chi connectivity index (χ3n) is 3.79. The number of benzene rings is 1. The lowest BCUT2D eigenvalue weighted by Crippen LogP contribution is -2.12. The lowest BCUT2D eigenvalue weighted by molar-refractivity contribution is 0.603. The molecule has 3 rings (SSSR count).